The Hall–Kier alpha value is -0.650. The molecule has 0 bridgehead atoms. The van der Waals surface area contributed by atoms with Gasteiger partial charge in [-0.15, -0.1) is 0 Å². The molecule has 0 atom stereocenters. The smallest absolute Gasteiger partial charge is 0.302 e. The number of hydrogen-bond donors (Lipinski definition) is 0. The zero-order valence-electron chi connectivity index (χ0n) is 15.1. The summed E-state index contributed by atoms with van der Waals surface area (Å²) in [6.45, 7) is 13.8. The molecular formula is C17H31NO4. The summed E-state index contributed by atoms with van der Waals surface area (Å²) in [4.78, 5) is 13.4. The number of likely N-dealkylation sites (tertiary alicyclic amines) is 1. The molecule has 22 heavy (non-hydrogen) atoms. The van der Waals surface area contributed by atoms with E-state index in [1.165, 1.54) is 6.92 Å². The Morgan fingerprint density at radius 2 is 1.50 bits per heavy atom. The van der Waals surface area contributed by atoms with Crippen molar-refractivity contribution in [2.24, 2.45) is 5.41 Å². The Balaban J connectivity index is 2.07. The molecule has 0 aromatic carbocycles. The molecule has 2 saturated heterocycles. The minimum atomic E-state index is -0.532. The Morgan fingerprint density at radius 1 is 1.05 bits per heavy atom. The number of carbonyl (C=O) groups is 1. The minimum Gasteiger partial charge on any atom is -0.465 e. The second kappa shape index (κ2) is 5.46. The maximum Gasteiger partial charge on any atom is 0.302 e. The molecule has 5 nitrogen and oxygen atoms in total. The summed E-state index contributed by atoms with van der Waals surface area (Å²) >= 11 is 0. The van der Waals surface area contributed by atoms with Crippen molar-refractivity contribution in [1.29, 1.82) is 0 Å². The Kier molecular flexibility index (Phi) is 4.39. The summed E-state index contributed by atoms with van der Waals surface area (Å²) in [6.07, 6.45) is 1.67. The molecule has 1 spiro atoms. The van der Waals surface area contributed by atoms with Crippen molar-refractivity contribution >= 4 is 5.97 Å². The molecule has 0 aliphatic carbocycles. The summed E-state index contributed by atoms with van der Waals surface area (Å²) in [7, 11) is 2.17. The number of esters is 1. The van der Waals surface area contributed by atoms with E-state index < -0.39 is 5.79 Å². The molecule has 128 valence electrons. The van der Waals surface area contributed by atoms with E-state index in [0.717, 1.165) is 12.8 Å². The van der Waals surface area contributed by atoms with Gasteiger partial charge in [0, 0.05) is 36.3 Å². The Morgan fingerprint density at radius 3 is 1.91 bits per heavy atom. The van der Waals surface area contributed by atoms with Crippen LogP contribution < -0.4 is 0 Å². The lowest BCUT2D eigenvalue weighted by atomic mass is 9.75. The Bertz CT molecular complexity index is 416. The maximum absolute atomic E-state index is 11.0. The predicted octanol–water partition coefficient (Wildman–Crippen LogP) is 2.58. The number of hydrogen-bond acceptors (Lipinski definition) is 5. The van der Waals surface area contributed by atoms with E-state index in [4.69, 9.17) is 14.2 Å². The SMILES string of the molecule is CC(=O)OCC1(C)COC2(CC(C)(C)N(C)C(C)(C)C2)OC1. The molecule has 0 N–H and O–H groups in total. The monoisotopic (exact) mass is 313 g/mol. The first-order valence-corrected chi connectivity index (χ1v) is 8.05. The van der Waals surface area contributed by atoms with Crippen LogP contribution in [0.5, 0.6) is 0 Å². The normalized spacial score (nSPS) is 29.2. The molecule has 2 aliphatic rings. The highest BCUT2D eigenvalue weighted by Crippen LogP contribution is 2.47. The minimum absolute atomic E-state index is 0.00533. The van der Waals surface area contributed by atoms with Crippen LogP contribution in [0.3, 0.4) is 0 Å². The molecule has 5 heteroatoms. The molecule has 2 aliphatic heterocycles. The average Bonchev–Trinajstić information content (AvgIpc) is 2.38. The number of rotatable bonds is 2. The fourth-order valence-electron chi connectivity index (χ4n) is 3.70. The molecule has 0 amide bonds. The summed E-state index contributed by atoms with van der Waals surface area (Å²) in [5, 5.41) is 0. The van der Waals surface area contributed by atoms with Gasteiger partial charge < -0.3 is 14.2 Å². The molecule has 0 aromatic heterocycles. The van der Waals surface area contributed by atoms with Gasteiger partial charge in [-0.05, 0) is 34.7 Å². The highest BCUT2D eigenvalue weighted by Gasteiger charge is 2.55. The Labute approximate surface area is 134 Å². The summed E-state index contributed by atoms with van der Waals surface area (Å²) < 4.78 is 17.6. The van der Waals surface area contributed by atoms with E-state index in [-0.39, 0.29) is 22.5 Å². The predicted molar refractivity (Wildman–Crippen MR) is 84.5 cm³/mol. The van der Waals surface area contributed by atoms with Crippen LogP contribution in [0.4, 0.5) is 0 Å². The fourth-order valence-corrected chi connectivity index (χ4v) is 3.70. The fraction of sp³-hybridized carbons (Fsp3) is 0.941. The van der Waals surface area contributed by atoms with E-state index in [0.29, 0.717) is 19.8 Å². The van der Waals surface area contributed by atoms with Gasteiger partial charge in [0.1, 0.15) is 6.61 Å². The first-order chi connectivity index (χ1) is 9.90. The van der Waals surface area contributed by atoms with Crippen LogP contribution in [-0.4, -0.2) is 54.6 Å². The quantitative estimate of drug-likeness (QED) is 0.733. The van der Waals surface area contributed by atoms with Gasteiger partial charge in [-0.3, -0.25) is 9.69 Å². The van der Waals surface area contributed by atoms with Gasteiger partial charge in [0.05, 0.1) is 13.2 Å². The van der Waals surface area contributed by atoms with Crippen molar-refractivity contribution in [1.82, 2.24) is 4.90 Å². The van der Waals surface area contributed by atoms with Crippen molar-refractivity contribution in [3.63, 3.8) is 0 Å². The largest absolute Gasteiger partial charge is 0.465 e. The van der Waals surface area contributed by atoms with Crippen molar-refractivity contribution in [2.75, 3.05) is 26.9 Å². The molecule has 0 saturated carbocycles. The number of piperidine rings is 1. The zero-order valence-corrected chi connectivity index (χ0v) is 15.1. The second-order valence-electron chi connectivity index (χ2n) is 8.62. The highest BCUT2D eigenvalue weighted by atomic mass is 16.7. The van der Waals surface area contributed by atoms with Gasteiger partial charge in [-0.25, -0.2) is 0 Å². The van der Waals surface area contributed by atoms with Gasteiger partial charge in [0.15, 0.2) is 5.79 Å². The van der Waals surface area contributed by atoms with Gasteiger partial charge >= 0.3 is 5.97 Å². The average molecular weight is 313 g/mol. The molecule has 2 fully saturated rings. The zero-order chi connectivity index (χ0) is 16.8. The van der Waals surface area contributed by atoms with Crippen LogP contribution in [0.25, 0.3) is 0 Å². The van der Waals surface area contributed by atoms with Gasteiger partial charge in [-0.2, -0.15) is 0 Å². The third-order valence-electron chi connectivity index (χ3n) is 5.21. The topological polar surface area (TPSA) is 48.0 Å². The van der Waals surface area contributed by atoms with Crippen LogP contribution in [0.15, 0.2) is 0 Å². The van der Waals surface area contributed by atoms with Crippen molar-refractivity contribution in [3.8, 4) is 0 Å². The summed E-state index contributed by atoms with van der Waals surface area (Å²) in [5.41, 5.74) is -0.259. The standard InChI is InChI=1S/C17H31NO4/c1-13(19)20-10-16(6)11-21-17(22-12-16)8-14(2,3)18(7)15(4,5)9-17/h8-12H2,1-7H3. The van der Waals surface area contributed by atoms with Gasteiger partial charge in [0.25, 0.3) is 0 Å². The molecule has 0 radical (unpaired) electrons. The number of ether oxygens (including phenoxy) is 3. The van der Waals surface area contributed by atoms with Crippen LogP contribution in [0.2, 0.25) is 0 Å². The van der Waals surface area contributed by atoms with Crippen molar-refractivity contribution < 1.29 is 19.0 Å². The third kappa shape index (κ3) is 3.47. The second-order valence-corrected chi connectivity index (χ2v) is 8.62. The van der Waals surface area contributed by atoms with E-state index in [2.05, 4.69) is 39.6 Å². The van der Waals surface area contributed by atoms with Crippen molar-refractivity contribution in [2.45, 2.75) is 71.2 Å². The number of carbonyl (C=O) groups excluding carboxylic acids is 1. The van der Waals surface area contributed by atoms with Gasteiger partial charge in [0.2, 0.25) is 0 Å². The maximum atomic E-state index is 11.0. The number of nitrogens with zero attached hydrogens (tertiary/aromatic N) is 1. The lowest BCUT2D eigenvalue weighted by Gasteiger charge is -2.59. The van der Waals surface area contributed by atoms with Crippen LogP contribution in [0, 0.1) is 5.41 Å². The highest BCUT2D eigenvalue weighted by molar-refractivity contribution is 5.65. The first-order valence-electron chi connectivity index (χ1n) is 8.05. The molecule has 0 unspecified atom stereocenters. The van der Waals surface area contributed by atoms with E-state index in [9.17, 15) is 4.79 Å². The van der Waals surface area contributed by atoms with Gasteiger partial charge in [-0.1, -0.05) is 6.92 Å². The summed E-state index contributed by atoms with van der Waals surface area (Å²) in [6, 6.07) is 0. The van der Waals surface area contributed by atoms with E-state index in [1.807, 2.05) is 6.92 Å². The first kappa shape index (κ1) is 17.7. The van der Waals surface area contributed by atoms with E-state index in [1.54, 1.807) is 0 Å². The molecular weight excluding hydrogens is 282 g/mol. The van der Waals surface area contributed by atoms with Crippen LogP contribution >= 0.6 is 0 Å². The van der Waals surface area contributed by atoms with Crippen LogP contribution in [-0.2, 0) is 19.0 Å². The molecule has 2 heterocycles. The molecule has 2 rings (SSSR count). The lowest BCUT2D eigenvalue weighted by molar-refractivity contribution is -0.341. The van der Waals surface area contributed by atoms with Crippen molar-refractivity contribution in [3.05, 3.63) is 0 Å². The summed E-state index contributed by atoms with van der Waals surface area (Å²) in [5.74, 6) is -0.794. The molecule has 0 aromatic rings. The third-order valence-corrected chi connectivity index (χ3v) is 5.21. The van der Waals surface area contributed by atoms with E-state index >= 15 is 0 Å². The van der Waals surface area contributed by atoms with Crippen LogP contribution in [0.1, 0.15) is 54.4 Å². The lowest BCUT2D eigenvalue weighted by Crippen LogP contribution is -2.67.